The van der Waals surface area contributed by atoms with Crippen molar-refractivity contribution >= 4 is 27.7 Å². The van der Waals surface area contributed by atoms with Crippen LogP contribution in [0, 0.1) is 0 Å². The highest BCUT2D eigenvalue weighted by Gasteiger charge is 2.41. The summed E-state index contributed by atoms with van der Waals surface area (Å²) >= 11 is 0. The Morgan fingerprint density at radius 2 is 1.79 bits per heavy atom. The second kappa shape index (κ2) is 10.3. The molecular formula is C24H29N3O6S. The number of ether oxygens (including phenoxy) is 1. The van der Waals surface area contributed by atoms with Gasteiger partial charge in [0.1, 0.15) is 16.7 Å². The summed E-state index contributed by atoms with van der Waals surface area (Å²) in [5.74, 6) is -0.833. The highest BCUT2D eigenvalue weighted by atomic mass is 32.2. The summed E-state index contributed by atoms with van der Waals surface area (Å²) < 4.78 is 31.6. The lowest BCUT2D eigenvalue weighted by molar-refractivity contribution is -0.140. The van der Waals surface area contributed by atoms with Gasteiger partial charge in [0.2, 0.25) is 11.8 Å². The molecule has 1 aliphatic rings. The van der Waals surface area contributed by atoms with Crippen molar-refractivity contribution in [2.24, 2.45) is 0 Å². The van der Waals surface area contributed by atoms with E-state index in [0.29, 0.717) is 5.75 Å². The van der Waals surface area contributed by atoms with Crippen molar-refractivity contribution in [1.29, 1.82) is 0 Å². The second-order valence-electron chi connectivity index (χ2n) is 8.34. The number of carbonyl (C=O) groups is 3. The number of benzene rings is 2. The van der Waals surface area contributed by atoms with E-state index in [9.17, 15) is 22.8 Å². The molecule has 0 bridgehead atoms. The summed E-state index contributed by atoms with van der Waals surface area (Å²) in [5.41, 5.74) is 0.835. The molecule has 0 fully saturated rings. The van der Waals surface area contributed by atoms with E-state index in [1.54, 1.807) is 43.3 Å². The lowest BCUT2D eigenvalue weighted by Crippen LogP contribution is -2.49. The molecule has 3 amide bonds. The van der Waals surface area contributed by atoms with Crippen LogP contribution in [0.25, 0.3) is 0 Å². The van der Waals surface area contributed by atoms with E-state index in [0.717, 1.165) is 9.87 Å². The molecule has 0 spiro atoms. The molecule has 9 nitrogen and oxygen atoms in total. The first-order valence-corrected chi connectivity index (χ1v) is 12.4. The Bertz CT molecular complexity index is 1190. The van der Waals surface area contributed by atoms with Crippen molar-refractivity contribution in [2.45, 2.75) is 50.7 Å². The van der Waals surface area contributed by atoms with E-state index in [4.69, 9.17) is 4.74 Å². The molecular weight excluding hydrogens is 458 g/mol. The Labute approximate surface area is 199 Å². The van der Waals surface area contributed by atoms with Gasteiger partial charge in [-0.15, -0.1) is 0 Å². The van der Waals surface area contributed by atoms with Crippen molar-refractivity contribution in [3.63, 3.8) is 0 Å². The van der Waals surface area contributed by atoms with Gasteiger partial charge in [0.25, 0.3) is 15.9 Å². The standard InChI is InChI=1S/C24H29N3O6S/c1-16(2)25-23(29)17(3)26(15-18-8-7-9-19(14-18)33-4)22(28)12-13-27-24(30)20-10-5-6-11-21(20)34(27,31)32/h5-11,14,16-17H,12-13,15H2,1-4H3,(H,25,29). The molecule has 0 saturated heterocycles. The molecule has 34 heavy (non-hydrogen) atoms. The molecule has 1 aliphatic heterocycles. The monoisotopic (exact) mass is 487 g/mol. The molecule has 0 aromatic heterocycles. The van der Waals surface area contributed by atoms with E-state index < -0.39 is 27.9 Å². The van der Waals surface area contributed by atoms with Crippen molar-refractivity contribution in [3.8, 4) is 5.75 Å². The van der Waals surface area contributed by atoms with Gasteiger partial charge in [-0.3, -0.25) is 14.4 Å². The molecule has 10 heteroatoms. The number of methoxy groups -OCH3 is 1. The van der Waals surface area contributed by atoms with Crippen LogP contribution < -0.4 is 10.1 Å². The Kier molecular flexibility index (Phi) is 7.61. The van der Waals surface area contributed by atoms with E-state index >= 15 is 0 Å². The van der Waals surface area contributed by atoms with Crippen LogP contribution in [0.15, 0.2) is 53.4 Å². The number of sulfonamides is 1. The summed E-state index contributed by atoms with van der Waals surface area (Å²) in [4.78, 5) is 39.9. The van der Waals surface area contributed by atoms with Gasteiger partial charge in [-0.1, -0.05) is 24.3 Å². The zero-order valence-corrected chi connectivity index (χ0v) is 20.5. The zero-order valence-electron chi connectivity index (χ0n) is 19.6. The third-order valence-electron chi connectivity index (χ3n) is 5.53. The summed E-state index contributed by atoms with van der Waals surface area (Å²) in [6.45, 7) is 5.05. The van der Waals surface area contributed by atoms with Crippen LogP contribution in [0.2, 0.25) is 0 Å². The minimum absolute atomic E-state index is 0.0645. The van der Waals surface area contributed by atoms with Crippen molar-refractivity contribution in [1.82, 2.24) is 14.5 Å². The smallest absolute Gasteiger partial charge is 0.269 e. The number of rotatable bonds is 9. The van der Waals surface area contributed by atoms with Crippen molar-refractivity contribution < 1.29 is 27.5 Å². The SMILES string of the molecule is COc1cccc(CN(C(=O)CCN2C(=O)c3ccccc3S2(=O)=O)C(C)C(=O)NC(C)C)c1. The summed E-state index contributed by atoms with van der Waals surface area (Å²) in [6, 6.07) is 12.1. The second-order valence-corrected chi connectivity index (χ2v) is 10.2. The highest BCUT2D eigenvalue weighted by Crippen LogP contribution is 2.30. The van der Waals surface area contributed by atoms with Crippen LogP contribution in [0.1, 0.15) is 43.1 Å². The number of fused-ring (bicyclic) bond motifs is 1. The quantitative estimate of drug-likeness (QED) is 0.580. The maximum absolute atomic E-state index is 13.3. The van der Waals surface area contributed by atoms with Gasteiger partial charge >= 0.3 is 0 Å². The predicted molar refractivity (Wildman–Crippen MR) is 126 cm³/mol. The first-order valence-electron chi connectivity index (χ1n) is 10.9. The fourth-order valence-corrected chi connectivity index (χ4v) is 5.32. The first kappa shape index (κ1) is 25.2. The van der Waals surface area contributed by atoms with Gasteiger partial charge in [-0.05, 0) is 50.6 Å². The van der Waals surface area contributed by atoms with E-state index in [1.807, 2.05) is 13.8 Å². The number of hydrogen-bond acceptors (Lipinski definition) is 6. The van der Waals surface area contributed by atoms with Crippen LogP contribution in [0.3, 0.4) is 0 Å². The molecule has 1 heterocycles. The van der Waals surface area contributed by atoms with Crippen molar-refractivity contribution in [2.75, 3.05) is 13.7 Å². The van der Waals surface area contributed by atoms with E-state index in [2.05, 4.69) is 5.32 Å². The highest BCUT2D eigenvalue weighted by molar-refractivity contribution is 7.90. The fourth-order valence-electron chi connectivity index (χ4n) is 3.75. The minimum Gasteiger partial charge on any atom is -0.497 e. The van der Waals surface area contributed by atoms with Gasteiger partial charge in [0.05, 0.1) is 12.7 Å². The molecule has 1 atom stereocenters. The Morgan fingerprint density at radius 1 is 1.09 bits per heavy atom. The summed E-state index contributed by atoms with van der Waals surface area (Å²) in [7, 11) is -2.49. The molecule has 2 aromatic rings. The largest absolute Gasteiger partial charge is 0.497 e. The molecule has 1 N–H and O–H groups in total. The fraction of sp³-hybridized carbons (Fsp3) is 0.375. The van der Waals surface area contributed by atoms with Crippen LogP contribution >= 0.6 is 0 Å². The molecule has 2 aromatic carbocycles. The summed E-state index contributed by atoms with van der Waals surface area (Å²) in [6.07, 6.45) is -0.262. The maximum atomic E-state index is 13.3. The van der Waals surface area contributed by atoms with Gasteiger partial charge in [0, 0.05) is 25.6 Å². The lowest BCUT2D eigenvalue weighted by atomic mass is 10.1. The number of nitrogens with one attached hydrogen (secondary N) is 1. The third-order valence-corrected chi connectivity index (χ3v) is 7.37. The minimum atomic E-state index is -4.02. The molecule has 182 valence electrons. The number of hydrogen-bond donors (Lipinski definition) is 1. The average molecular weight is 488 g/mol. The van der Waals surface area contributed by atoms with Gasteiger partial charge in [-0.25, -0.2) is 12.7 Å². The van der Waals surface area contributed by atoms with Crippen LogP contribution in [0.4, 0.5) is 0 Å². The molecule has 0 aliphatic carbocycles. The topological polar surface area (TPSA) is 113 Å². The summed E-state index contributed by atoms with van der Waals surface area (Å²) in [5, 5.41) is 2.80. The zero-order chi connectivity index (χ0) is 25.0. The number of amides is 3. The van der Waals surface area contributed by atoms with Crippen LogP contribution in [0.5, 0.6) is 5.75 Å². The lowest BCUT2D eigenvalue weighted by Gasteiger charge is -2.30. The Balaban J connectivity index is 1.81. The van der Waals surface area contributed by atoms with E-state index in [-0.39, 0.29) is 41.9 Å². The normalized spacial score (nSPS) is 15.1. The van der Waals surface area contributed by atoms with Crippen molar-refractivity contribution in [3.05, 3.63) is 59.7 Å². The average Bonchev–Trinajstić information content (AvgIpc) is 3.00. The Hall–Kier alpha value is -3.40. The predicted octanol–water partition coefficient (Wildman–Crippen LogP) is 2.17. The molecule has 1 unspecified atom stereocenters. The van der Waals surface area contributed by atoms with Crippen LogP contribution in [-0.4, -0.2) is 61.1 Å². The Morgan fingerprint density at radius 3 is 2.44 bits per heavy atom. The molecule has 0 radical (unpaired) electrons. The van der Waals surface area contributed by atoms with E-state index in [1.165, 1.54) is 24.1 Å². The van der Waals surface area contributed by atoms with Gasteiger partial charge in [-0.2, -0.15) is 0 Å². The molecule has 3 rings (SSSR count). The van der Waals surface area contributed by atoms with Gasteiger partial charge in [0.15, 0.2) is 0 Å². The number of nitrogens with zero attached hydrogens (tertiary/aromatic N) is 2. The third kappa shape index (κ3) is 5.22. The number of carbonyl (C=O) groups excluding carboxylic acids is 3. The van der Waals surface area contributed by atoms with Gasteiger partial charge < -0.3 is 15.0 Å². The van der Waals surface area contributed by atoms with Crippen LogP contribution in [-0.2, 0) is 26.2 Å². The maximum Gasteiger partial charge on any atom is 0.269 e. The first-order chi connectivity index (χ1) is 16.1. The molecule has 0 saturated carbocycles.